The van der Waals surface area contributed by atoms with Gasteiger partial charge in [0, 0.05) is 22.2 Å². The number of nitrogens with zero attached hydrogens (tertiary/aromatic N) is 1. The molecule has 4 heteroatoms. The minimum Gasteiger partial charge on any atom is -1.00 e. The lowest BCUT2D eigenvalue weighted by atomic mass is 10.1. The van der Waals surface area contributed by atoms with E-state index in [-0.39, 0.29) is 29.8 Å². The van der Waals surface area contributed by atoms with E-state index in [1.54, 1.807) is 0 Å². The molecule has 2 nitrogen and oxygen atoms in total. The van der Waals surface area contributed by atoms with E-state index >= 15 is 0 Å². The van der Waals surface area contributed by atoms with Gasteiger partial charge in [0.1, 0.15) is 7.05 Å². The second-order valence-electron chi connectivity index (χ2n) is 3.88. The normalized spacial score (nSPS) is 9.67. The topological polar surface area (TPSA) is 20.9 Å². The second kappa shape index (κ2) is 6.99. The van der Waals surface area contributed by atoms with Gasteiger partial charge in [-0.15, -0.1) is 0 Å². The summed E-state index contributed by atoms with van der Waals surface area (Å²) in [5.74, 6) is 0.124. The Morgan fingerprint density at radius 2 is 1.83 bits per heavy atom. The van der Waals surface area contributed by atoms with Crippen LogP contribution >= 0.6 is 15.9 Å². The first-order valence-electron chi connectivity index (χ1n) is 5.40. The summed E-state index contributed by atoms with van der Waals surface area (Å²) in [6.07, 6.45) is 2.36. The molecule has 0 unspecified atom stereocenters. The number of pyridine rings is 1. The molecule has 0 aliphatic rings. The first kappa shape index (κ1) is 15.3. The lowest BCUT2D eigenvalue weighted by Crippen LogP contribution is -3.00. The van der Waals surface area contributed by atoms with Crippen molar-refractivity contribution in [2.24, 2.45) is 7.05 Å². The molecule has 2 aromatic rings. The fourth-order valence-electron chi connectivity index (χ4n) is 1.69. The third-order valence-corrected chi connectivity index (χ3v) is 3.37. The lowest BCUT2D eigenvalue weighted by Gasteiger charge is -2.02. The van der Waals surface area contributed by atoms with Gasteiger partial charge in [-0.25, -0.2) is 4.57 Å². The molecule has 1 heterocycles. The molecule has 0 amide bonds. The fraction of sp³-hybridized carbons (Fsp3) is 0.143. The van der Waals surface area contributed by atoms with Crippen molar-refractivity contribution in [3.05, 3.63) is 64.4 Å². The van der Waals surface area contributed by atoms with Gasteiger partial charge in [0.2, 0.25) is 0 Å². The molecule has 1 aromatic carbocycles. The van der Waals surface area contributed by atoms with Crippen LogP contribution < -0.4 is 28.5 Å². The molecule has 18 heavy (non-hydrogen) atoms. The minimum atomic E-state index is 0. The van der Waals surface area contributed by atoms with Crippen LogP contribution in [-0.4, -0.2) is 5.78 Å². The SMILES string of the molecule is C[n+]1ccccc1CC(=O)c1ccccc1Br.[I-]. The summed E-state index contributed by atoms with van der Waals surface area (Å²) in [5, 5.41) is 0. The zero-order valence-electron chi connectivity index (χ0n) is 9.94. The zero-order valence-corrected chi connectivity index (χ0v) is 13.7. The van der Waals surface area contributed by atoms with Crippen molar-refractivity contribution in [1.82, 2.24) is 0 Å². The number of aryl methyl sites for hydroxylation is 1. The number of carbonyl (C=O) groups is 1. The zero-order chi connectivity index (χ0) is 12.3. The molecule has 0 atom stereocenters. The van der Waals surface area contributed by atoms with E-state index in [9.17, 15) is 4.79 Å². The van der Waals surface area contributed by atoms with Crippen LogP contribution in [0.5, 0.6) is 0 Å². The van der Waals surface area contributed by atoms with E-state index in [1.165, 1.54) is 0 Å². The first-order valence-corrected chi connectivity index (χ1v) is 6.19. The van der Waals surface area contributed by atoms with Crippen molar-refractivity contribution in [3.63, 3.8) is 0 Å². The molecule has 94 valence electrons. The molecule has 2 rings (SSSR count). The van der Waals surface area contributed by atoms with Crippen molar-refractivity contribution in [2.75, 3.05) is 0 Å². The fourth-order valence-corrected chi connectivity index (χ4v) is 2.20. The van der Waals surface area contributed by atoms with Gasteiger partial charge in [-0.2, -0.15) is 0 Å². The average molecular weight is 418 g/mol. The highest BCUT2D eigenvalue weighted by molar-refractivity contribution is 9.10. The van der Waals surface area contributed by atoms with Gasteiger partial charge in [0.05, 0.1) is 6.42 Å². The number of ketones is 1. The van der Waals surface area contributed by atoms with E-state index in [4.69, 9.17) is 0 Å². The second-order valence-corrected chi connectivity index (χ2v) is 4.74. The maximum Gasteiger partial charge on any atom is 0.188 e. The lowest BCUT2D eigenvalue weighted by molar-refractivity contribution is -0.678. The van der Waals surface area contributed by atoms with Gasteiger partial charge in [0.25, 0.3) is 0 Å². The highest BCUT2D eigenvalue weighted by Gasteiger charge is 2.14. The number of hydrogen-bond donors (Lipinski definition) is 0. The molecule has 1 aromatic heterocycles. The molecular weight excluding hydrogens is 405 g/mol. The van der Waals surface area contributed by atoms with E-state index in [0.29, 0.717) is 6.42 Å². The minimum absolute atomic E-state index is 0. The van der Waals surface area contributed by atoms with Crippen LogP contribution in [0.3, 0.4) is 0 Å². The van der Waals surface area contributed by atoms with Crippen LogP contribution in [-0.2, 0) is 13.5 Å². The van der Waals surface area contributed by atoms with Crippen LogP contribution in [0.1, 0.15) is 16.1 Å². The van der Waals surface area contributed by atoms with Gasteiger partial charge in [-0.1, -0.05) is 40.2 Å². The molecule has 0 fully saturated rings. The predicted molar refractivity (Wildman–Crippen MR) is 69.8 cm³/mol. The summed E-state index contributed by atoms with van der Waals surface area (Å²) >= 11 is 3.40. The third-order valence-electron chi connectivity index (χ3n) is 2.68. The molecule has 0 saturated heterocycles. The van der Waals surface area contributed by atoms with Crippen molar-refractivity contribution in [2.45, 2.75) is 6.42 Å². The Morgan fingerprint density at radius 1 is 1.17 bits per heavy atom. The Morgan fingerprint density at radius 3 is 2.50 bits per heavy atom. The summed E-state index contributed by atoms with van der Waals surface area (Å²) in [7, 11) is 1.95. The number of rotatable bonds is 3. The summed E-state index contributed by atoms with van der Waals surface area (Å²) in [4.78, 5) is 12.1. The van der Waals surface area contributed by atoms with Crippen molar-refractivity contribution >= 4 is 21.7 Å². The van der Waals surface area contributed by atoms with Crippen LogP contribution in [0.4, 0.5) is 0 Å². The molecule has 0 aliphatic carbocycles. The molecule has 0 saturated carbocycles. The van der Waals surface area contributed by atoms with Gasteiger partial charge >= 0.3 is 0 Å². The molecule has 0 spiro atoms. The van der Waals surface area contributed by atoms with Crippen LogP contribution in [0.15, 0.2) is 53.1 Å². The smallest absolute Gasteiger partial charge is 0.188 e. The van der Waals surface area contributed by atoms with Gasteiger partial charge in [-0.05, 0) is 6.07 Å². The maximum atomic E-state index is 12.1. The van der Waals surface area contributed by atoms with E-state index in [2.05, 4.69) is 15.9 Å². The Kier molecular flexibility index (Phi) is 5.95. The molecular formula is C14H13BrINO. The maximum absolute atomic E-state index is 12.1. The number of aromatic nitrogens is 1. The van der Waals surface area contributed by atoms with E-state index in [0.717, 1.165) is 15.7 Å². The predicted octanol–water partition coefficient (Wildman–Crippen LogP) is -0.297. The molecule has 0 radical (unpaired) electrons. The Labute approximate surface area is 132 Å². The molecule has 0 N–H and O–H groups in total. The molecule has 0 bridgehead atoms. The Bertz CT molecular complexity index is 557. The number of halogens is 2. The van der Waals surface area contributed by atoms with Crippen molar-refractivity contribution < 1.29 is 33.3 Å². The molecule has 0 aliphatic heterocycles. The number of Topliss-reactive ketones (excluding diaryl/α,β-unsaturated/α-hetero) is 1. The monoisotopic (exact) mass is 417 g/mol. The highest BCUT2D eigenvalue weighted by Crippen LogP contribution is 2.17. The standard InChI is InChI=1S/C14H13BrNO.HI/c1-16-9-5-4-6-11(16)10-14(17)12-7-2-3-8-13(12)15;/h2-9H,10H2,1H3;1H/q+1;/p-1. The Hall–Kier alpha value is -0.750. The summed E-state index contributed by atoms with van der Waals surface area (Å²) in [6, 6.07) is 13.4. The van der Waals surface area contributed by atoms with Crippen LogP contribution in [0.25, 0.3) is 0 Å². The largest absolute Gasteiger partial charge is 1.00 e. The van der Waals surface area contributed by atoms with E-state index in [1.807, 2.05) is 60.3 Å². The summed E-state index contributed by atoms with van der Waals surface area (Å²) < 4.78 is 2.82. The number of benzene rings is 1. The average Bonchev–Trinajstić information content (AvgIpc) is 2.32. The first-order chi connectivity index (χ1) is 8.18. The van der Waals surface area contributed by atoms with Crippen molar-refractivity contribution in [3.8, 4) is 0 Å². The van der Waals surface area contributed by atoms with Crippen LogP contribution in [0.2, 0.25) is 0 Å². The van der Waals surface area contributed by atoms with Crippen LogP contribution in [0, 0.1) is 0 Å². The summed E-state index contributed by atoms with van der Waals surface area (Å²) in [5.41, 5.74) is 1.74. The van der Waals surface area contributed by atoms with Crippen molar-refractivity contribution in [1.29, 1.82) is 0 Å². The Balaban J connectivity index is 0.00000162. The van der Waals surface area contributed by atoms with Gasteiger partial charge in [0.15, 0.2) is 17.7 Å². The highest BCUT2D eigenvalue weighted by atomic mass is 127. The number of hydrogen-bond acceptors (Lipinski definition) is 1. The number of carbonyl (C=O) groups excluding carboxylic acids is 1. The third kappa shape index (κ3) is 3.62. The quantitative estimate of drug-likeness (QED) is 0.381. The van der Waals surface area contributed by atoms with Gasteiger partial charge in [-0.3, -0.25) is 4.79 Å². The van der Waals surface area contributed by atoms with Gasteiger partial charge < -0.3 is 24.0 Å². The summed E-state index contributed by atoms with van der Waals surface area (Å²) in [6.45, 7) is 0. The van der Waals surface area contributed by atoms with E-state index < -0.39 is 0 Å².